The van der Waals surface area contributed by atoms with Gasteiger partial charge in [0.15, 0.2) is 0 Å². The third-order valence-electron chi connectivity index (χ3n) is 0. The summed E-state index contributed by atoms with van der Waals surface area (Å²) in [4.78, 5) is 0. The standard InChI is InChI=1S/Cl2O.S/c1-3-2;. The molecule has 0 aromatic carbocycles. The Morgan fingerprint density at radius 3 is 1.25 bits per heavy atom. The Kier molecular flexibility index (Phi) is 20.1. The van der Waals surface area contributed by atoms with Crippen molar-refractivity contribution in [3.8, 4) is 0 Å². The lowest BCUT2D eigenvalue weighted by Crippen LogP contribution is -1.15. The largest absolute Gasteiger partial charge is 0.166 e. The molecular formula is Cl2OS. The molecule has 2 radical (unpaired) electrons. The first-order valence-corrected chi connectivity index (χ1v) is 0.926. The first-order valence-electron chi connectivity index (χ1n) is 0.309. The van der Waals surface area contributed by atoms with Gasteiger partial charge in [0.1, 0.15) is 0 Å². The highest BCUT2D eigenvalue weighted by atomic mass is 35.6. The van der Waals surface area contributed by atoms with Gasteiger partial charge in [0.05, 0.1) is 23.7 Å². The lowest BCUT2D eigenvalue weighted by atomic mass is 15.9. The zero-order valence-electron chi connectivity index (χ0n) is 1.57. The summed E-state index contributed by atoms with van der Waals surface area (Å²) in [5, 5.41) is 0. The van der Waals surface area contributed by atoms with Crippen molar-refractivity contribution in [1.29, 1.82) is 0 Å². The average molecular weight is 119 g/mol. The van der Waals surface area contributed by atoms with Crippen molar-refractivity contribution >= 4 is 37.2 Å². The molecule has 0 saturated carbocycles. The van der Waals surface area contributed by atoms with E-state index in [0.717, 1.165) is 0 Å². The maximum absolute atomic E-state index is 4.26. The SMILES string of the molecule is ClOCl.[S]. The molecule has 0 amide bonds. The molecule has 0 aromatic rings. The Hall–Kier alpha value is 0.890. The first kappa shape index (κ1) is 8.86. The summed E-state index contributed by atoms with van der Waals surface area (Å²) >= 11 is 8.53. The fraction of sp³-hybridized carbons (Fsp3) is 0. The summed E-state index contributed by atoms with van der Waals surface area (Å²) in [5.74, 6) is 0. The van der Waals surface area contributed by atoms with Gasteiger partial charge in [-0.25, -0.2) is 0 Å². The zero-order valence-corrected chi connectivity index (χ0v) is 3.90. The number of hydrogen-bond acceptors (Lipinski definition) is 1. The highest BCUT2D eigenvalue weighted by molar-refractivity contribution is 7.59. The minimum atomic E-state index is 0. The van der Waals surface area contributed by atoms with E-state index in [1.54, 1.807) is 0 Å². The molecule has 0 unspecified atom stereocenters. The molecular weight excluding hydrogens is 119 g/mol. The van der Waals surface area contributed by atoms with Gasteiger partial charge in [0.2, 0.25) is 0 Å². The van der Waals surface area contributed by atoms with Crippen LogP contribution >= 0.6 is 37.2 Å². The van der Waals surface area contributed by atoms with Crippen LogP contribution in [0.15, 0.2) is 0 Å². The van der Waals surface area contributed by atoms with Crippen LogP contribution in [0.1, 0.15) is 0 Å². The third kappa shape index (κ3) is 13.0. The van der Waals surface area contributed by atoms with Crippen LogP contribution in [0.5, 0.6) is 0 Å². The van der Waals surface area contributed by atoms with Crippen molar-refractivity contribution in [3.05, 3.63) is 0 Å². The van der Waals surface area contributed by atoms with Gasteiger partial charge < -0.3 is 0 Å². The molecule has 0 aromatic heterocycles. The molecule has 26 valence electrons. The van der Waals surface area contributed by atoms with E-state index in [1.807, 2.05) is 0 Å². The second kappa shape index (κ2) is 9.10. The molecule has 0 rings (SSSR count). The number of halogens is 2. The van der Waals surface area contributed by atoms with Crippen LogP contribution in [-0.4, -0.2) is 0 Å². The molecule has 1 nitrogen and oxygen atoms in total. The summed E-state index contributed by atoms with van der Waals surface area (Å²) in [6.45, 7) is 0. The summed E-state index contributed by atoms with van der Waals surface area (Å²) < 4.78 is 3.19. The number of hydrogen-bond donors (Lipinski definition) is 0. The van der Waals surface area contributed by atoms with Crippen LogP contribution in [0, 0.1) is 0 Å². The second-order valence-corrected chi connectivity index (χ2v) is 0.525. The quantitative estimate of drug-likeness (QED) is 0.473. The van der Waals surface area contributed by atoms with Gasteiger partial charge in [0, 0.05) is 13.5 Å². The van der Waals surface area contributed by atoms with Gasteiger partial charge in [-0.3, -0.25) is 0 Å². The summed E-state index contributed by atoms with van der Waals surface area (Å²) in [6, 6.07) is 0. The minimum absolute atomic E-state index is 0. The van der Waals surface area contributed by atoms with Gasteiger partial charge in [0.25, 0.3) is 0 Å². The fourth-order valence-electron chi connectivity index (χ4n) is 0. The van der Waals surface area contributed by atoms with Crippen molar-refractivity contribution in [3.63, 3.8) is 0 Å². The van der Waals surface area contributed by atoms with E-state index < -0.39 is 0 Å². The van der Waals surface area contributed by atoms with Gasteiger partial charge in [-0.2, -0.15) is 3.84 Å². The number of rotatable bonds is 0. The van der Waals surface area contributed by atoms with Crippen molar-refractivity contribution in [2.24, 2.45) is 0 Å². The molecule has 0 fully saturated rings. The van der Waals surface area contributed by atoms with E-state index in [0.29, 0.717) is 0 Å². The van der Waals surface area contributed by atoms with Crippen LogP contribution < -0.4 is 0 Å². The van der Waals surface area contributed by atoms with E-state index in [2.05, 4.69) is 27.6 Å². The van der Waals surface area contributed by atoms with Gasteiger partial charge in [-0.05, 0) is 0 Å². The Labute approximate surface area is 41.6 Å². The van der Waals surface area contributed by atoms with Crippen LogP contribution in [0.3, 0.4) is 0 Å². The van der Waals surface area contributed by atoms with Crippen molar-refractivity contribution in [2.45, 2.75) is 0 Å². The summed E-state index contributed by atoms with van der Waals surface area (Å²) in [7, 11) is 0. The molecule has 0 aliphatic heterocycles. The van der Waals surface area contributed by atoms with Crippen LogP contribution in [0.4, 0.5) is 0 Å². The predicted molar refractivity (Wildman–Crippen MR) is 20.4 cm³/mol. The molecule has 4 heavy (non-hydrogen) atoms. The molecule has 4 heteroatoms. The normalized spacial score (nSPS) is 4.50. The third-order valence-corrected chi connectivity index (χ3v) is 0. The molecule has 0 aliphatic rings. The Bertz CT molecular complexity index is 6.00. The summed E-state index contributed by atoms with van der Waals surface area (Å²) in [6.07, 6.45) is 0. The lowest BCUT2D eigenvalue weighted by molar-refractivity contribution is 0.697. The molecule has 0 atom stereocenters. The Morgan fingerprint density at radius 1 is 1.25 bits per heavy atom. The maximum atomic E-state index is 4.26. The van der Waals surface area contributed by atoms with Crippen molar-refractivity contribution < 1.29 is 3.84 Å². The average Bonchev–Trinajstić information content (AvgIpc) is 0.918. The first-order chi connectivity index (χ1) is 1.41. The van der Waals surface area contributed by atoms with Crippen LogP contribution in [0.2, 0.25) is 0 Å². The van der Waals surface area contributed by atoms with Crippen molar-refractivity contribution in [2.75, 3.05) is 0 Å². The molecule has 0 bridgehead atoms. The topological polar surface area (TPSA) is 9.23 Å². The lowest BCUT2D eigenvalue weighted by Gasteiger charge is -1.46. The molecule has 0 spiro atoms. The molecule has 0 saturated heterocycles. The molecule has 0 N–H and O–H groups in total. The van der Waals surface area contributed by atoms with E-state index in [-0.39, 0.29) is 13.5 Å². The van der Waals surface area contributed by atoms with Gasteiger partial charge >= 0.3 is 0 Å². The molecule has 0 heterocycles. The Morgan fingerprint density at radius 2 is 1.25 bits per heavy atom. The highest BCUT2D eigenvalue weighted by Gasteiger charge is 1.38. The minimum Gasteiger partial charge on any atom is -0.166 e. The highest BCUT2D eigenvalue weighted by Crippen LogP contribution is 1.78. The predicted octanol–water partition coefficient (Wildman–Crippen LogP) is 1.96. The monoisotopic (exact) mass is 118 g/mol. The van der Waals surface area contributed by atoms with Crippen LogP contribution in [0.25, 0.3) is 0 Å². The van der Waals surface area contributed by atoms with E-state index >= 15 is 0 Å². The van der Waals surface area contributed by atoms with Crippen molar-refractivity contribution in [1.82, 2.24) is 0 Å². The van der Waals surface area contributed by atoms with E-state index in [4.69, 9.17) is 0 Å². The van der Waals surface area contributed by atoms with Gasteiger partial charge in [-0.1, -0.05) is 0 Å². The summed E-state index contributed by atoms with van der Waals surface area (Å²) in [5.41, 5.74) is 0. The fourth-order valence-corrected chi connectivity index (χ4v) is 0. The molecule has 0 aliphatic carbocycles. The van der Waals surface area contributed by atoms with Crippen LogP contribution in [-0.2, 0) is 3.84 Å². The van der Waals surface area contributed by atoms with E-state index in [9.17, 15) is 0 Å². The second-order valence-electron chi connectivity index (χ2n) is 0.0583. The Balaban J connectivity index is 0. The zero-order chi connectivity index (χ0) is 2.71. The maximum Gasteiger partial charge on any atom is 0.0832 e. The smallest absolute Gasteiger partial charge is 0.0832 e. The van der Waals surface area contributed by atoms with Gasteiger partial charge in [-0.15, -0.1) is 0 Å². The van der Waals surface area contributed by atoms with E-state index in [1.165, 1.54) is 0 Å².